The molecule has 2 aliphatic carbocycles. The van der Waals surface area contributed by atoms with Crippen molar-refractivity contribution >= 4 is 5.97 Å². The Morgan fingerprint density at radius 2 is 1.75 bits per heavy atom. The fourth-order valence-corrected chi connectivity index (χ4v) is 2.98. The van der Waals surface area contributed by atoms with Crippen molar-refractivity contribution in [3.63, 3.8) is 0 Å². The maximum absolute atomic E-state index is 10.9. The van der Waals surface area contributed by atoms with Gasteiger partial charge in [-0.1, -0.05) is 0 Å². The van der Waals surface area contributed by atoms with Gasteiger partial charge in [-0.25, -0.2) is 0 Å². The van der Waals surface area contributed by atoms with E-state index in [2.05, 4.69) is 0 Å². The lowest BCUT2D eigenvalue weighted by atomic mass is 9.76. The molecule has 3 heteroatoms. The lowest BCUT2D eigenvalue weighted by Gasteiger charge is -2.30. The van der Waals surface area contributed by atoms with E-state index in [-0.39, 0.29) is 12.0 Å². The molecule has 2 aliphatic rings. The largest absolute Gasteiger partial charge is 0.481 e. The standard InChI is InChI=1S/C9H15NO2/c10-7-3-5-1-2-6(4-7)8(5)9(11)12/h5-8H,1-4,10H2,(H,11,12)/t5-,6+,7?,8?. The van der Waals surface area contributed by atoms with Crippen molar-refractivity contribution in [3.05, 3.63) is 0 Å². The first-order valence-corrected chi connectivity index (χ1v) is 4.67. The molecule has 2 fully saturated rings. The molecule has 3 N–H and O–H groups in total. The number of carboxylic acids is 1. The van der Waals surface area contributed by atoms with Crippen molar-refractivity contribution in [1.29, 1.82) is 0 Å². The number of fused-ring (bicyclic) bond motifs is 2. The van der Waals surface area contributed by atoms with Gasteiger partial charge in [-0.15, -0.1) is 0 Å². The van der Waals surface area contributed by atoms with Crippen LogP contribution in [-0.2, 0) is 4.79 Å². The van der Waals surface area contributed by atoms with E-state index in [1.807, 2.05) is 0 Å². The summed E-state index contributed by atoms with van der Waals surface area (Å²) in [5, 5.41) is 8.96. The summed E-state index contributed by atoms with van der Waals surface area (Å²) < 4.78 is 0. The van der Waals surface area contributed by atoms with Crippen LogP contribution in [-0.4, -0.2) is 17.1 Å². The van der Waals surface area contributed by atoms with Crippen LogP contribution in [0.2, 0.25) is 0 Å². The zero-order valence-electron chi connectivity index (χ0n) is 7.07. The molecule has 2 bridgehead atoms. The van der Waals surface area contributed by atoms with Crippen LogP contribution in [0.3, 0.4) is 0 Å². The third-order valence-electron chi connectivity index (χ3n) is 3.42. The zero-order valence-corrected chi connectivity index (χ0v) is 7.07. The maximum atomic E-state index is 10.9. The first-order valence-electron chi connectivity index (χ1n) is 4.67. The van der Waals surface area contributed by atoms with Gasteiger partial charge in [-0.3, -0.25) is 4.79 Å². The molecule has 0 amide bonds. The molecule has 0 radical (unpaired) electrons. The van der Waals surface area contributed by atoms with Gasteiger partial charge in [0.25, 0.3) is 0 Å². The third-order valence-corrected chi connectivity index (χ3v) is 3.42. The van der Waals surface area contributed by atoms with Crippen LogP contribution >= 0.6 is 0 Å². The normalized spacial score (nSPS) is 46.1. The van der Waals surface area contributed by atoms with E-state index in [0.29, 0.717) is 11.8 Å². The molecule has 2 unspecified atom stereocenters. The zero-order chi connectivity index (χ0) is 8.72. The summed E-state index contributed by atoms with van der Waals surface area (Å²) >= 11 is 0. The van der Waals surface area contributed by atoms with Crippen molar-refractivity contribution < 1.29 is 9.90 Å². The molecule has 2 rings (SSSR count). The maximum Gasteiger partial charge on any atom is 0.307 e. The molecular formula is C9H15NO2. The number of hydrogen-bond acceptors (Lipinski definition) is 2. The average Bonchev–Trinajstić information content (AvgIpc) is 2.24. The van der Waals surface area contributed by atoms with Crippen LogP contribution in [0.4, 0.5) is 0 Å². The summed E-state index contributed by atoms with van der Waals surface area (Å²) in [5.74, 6) is 0.0618. The molecule has 0 saturated heterocycles. The smallest absolute Gasteiger partial charge is 0.307 e. The molecule has 12 heavy (non-hydrogen) atoms. The first kappa shape index (κ1) is 8.05. The van der Waals surface area contributed by atoms with Gasteiger partial charge < -0.3 is 10.8 Å². The number of carbonyl (C=O) groups is 1. The quantitative estimate of drug-likeness (QED) is 0.611. The summed E-state index contributed by atoms with van der Waals surface area (Å²) in [6.07, 6.45) is 4.01. The summed E-state index contributed by atoms with van der Waals surface area (Å²) in [5.41, 5.74) is 5.82. The summed E-state index contributed by atoms with van der Waals surface area (Å²) in [7, 11) is 0. The molecule has 3 nitrogen and oxygen atoms in total. The van der Waals surface area contributed by atoms with Gasteiger partial charge in [0.2, 0.25) is 0 Å². The molecular weight excluding hydrogens is 154 g/mol. The number of aliphatic carboxylic acids is 1. The molecule has 0 spiro atoms. The van der Waals surface area contributed by atoms with Crippen molar-refractivity contribution in [2.24, 2.45) is 23.5 Å². The van der Waals surface area contributed by atoms with Crippen LogP contribution in [0.5, 0.6) is 0 Å². The van der Waals surface area contributed by atoms with Crippen LogP contribution in [0.15, 0.2) is 0 Å². The van der Waals surface area contributed by atoms with E-state index < -0.39 is 5.97 Å². The number of hydrogen-bond donors (Lipinski definition) is 2. The van der Waals surface area contributed by atoms with Crippen LogP contribution in [0.25, 0.3) is 0 Å². The Morgan fingerprint density at radius 3 is 2.17 bits per heavy atom. The SMILES string of the molecule is NC1C[C@H]2CC[C@@H](C1)C2C(=O)O. The van der Waals surface area contributed by atoms with Crippen molar-refractivity contribution in [2.45, 2.75) is 31.7 Å². The Morgan fingerprint density at radius 1 is 1.25 bits per heavy atom. The summed E-state index contributed by atoms with van der Waals surface area (Å²) in [6.45, 7) is 0. The highest BCUT2D eigenvalue weighted by atomic mass is 16.4. The molecule has 0 aliphatic heterocycles. The van der Waals surface area contributed by atoms with Crippen molar-refractivity contribution in [1.82, 2.24) is 0 Å². The van der Waals surface area contributed by atoms with Gasteiger partial charge in [-0.05, 0) is 37.5 Å². The monoisotopic (exact) mass is 169 g/mol. The van der Waals surface area contributed by atoms with E-state index in [9.17, 15) is 4.79 Å². The predicted octanol–water partition coefficient (Wildman–Crippen LogP) is 0.834. The Hall–Kier alpha value is -0.570. The molecule has 68 valence electrons. The second-order valence-corrected chi connectivity index (χ2v) is 4.19. The van der Waals surface area contributed by atoms with Gasteiger partial charge in [0.05, 0.1) is 5.92 Å². The highest BCUT2D eigenvalue weighted by Gasteiger charge is 2.45. The van der Waals surface area contributed by atoms with E-state index in [1.165, 1.54) is 0 Å². The number of carboxylic acid groups (broad SMARTS) is 1. The van der Waals surface area contributed by atoms with Gasteiger partial charge >= 0.3 is 5.97 Å². The molecule has 0 aromatic heterocycles. The highest BCUT2D eigenvalue weighted by molar-refractivity contribution is 5.71. The number of nitrogens with two attached hydrogens (primary N) is 1. The third kappa shape index (κ3) is 1.12. The fourth-order valence-electron chi connectivity index (χ4n) is 2.98. The number of rotatable bonds is 1. The van der Waals surface area contributed by atoms with Gasteiger partial charge in [0, 0.05) is 6.04 Å². The van der Waals surface area contributed by atoms with Crippen molar-refractivity contribution in [3.8, 4) is 0 Å². The summed E-state index contributed by atoms with van der Waals surface area (Å²) in [4.78, 5) is 10.9. The molecule has 0 aromatic rings. The predicted molar refractivity (Wildman–Crippen MR) is 44.5 cm³/mol. The minimum atomic E-state index is -0.602. The van der Waals surface area contributed by atoms with Crippen LogP contribution in [0, 0.1) is 17.8 Å². The van der Waals surface area contributed by atoms with Crippen molar-refractivity contribution in [2.75, 3.05) is 0 Å². The van der Waals surface area contributed by atoms with Gasteiger partial charge in [-0.2, -0.15) is 0 Å². The Kier molecular flexibility index (Phi) is 1.83. The van der Waals surface area contributed by atoms with Gasteiger partial charge in [0.1, 0.15) is 0 Å². The molecule has 0 aromatic carbocycles. The lowest BCUT2D eigenvalue weighted by molar-refractivity contribution is -0.145. The Balaban J connectivity index is 2.14. The van der Waals surface area contributed by atoms with E-state index in [4.69, 9.17) is 10.8 Å². The van der Waals surface area contributed by atoms with E-state index in [0.717, 1.165) is 25.7 Å². The van der Waals surface area contributed by atoms with E-state index >= 15 is 0 Å². The van der Waals surface area contributed by atoms with Crippen LogP contribution in [0.1, 0.15) is 25.7 Å². The lowest BCUT2D eigenvalue weighted by Crippen LogP contribution is -2.38. The fraction of sp³-hybridized carbons (Fsp3) is 0.889. The topological polar surface area (TPSA) is 63.3 Å². The average molecular weight is 169 g/mol. The molecule has 2 saturated carbocycles. The van der Waals surface area contributed by atoms with Gasteiger partial charge in [0.15, 0.2) is 0 Å². The Bertz CT molecular complexity index is 191. The van der Waals surface area contributed by atoms with Crippen LogP contribution < -0.4 is 5.73 Å². The Labute approximate surface area is 71.9 Å². The van der Waals surface area contributed by atoms with E-state index in [1.54, 1.807) is 0 Å². The second kappa shape index (κ2) is 2.73. The minimum Gasteiger partial charge on any atom is -0.481 e. The second-order valence-electron chi connectivity index (χ2n) is 4.19. The first-order chi connectivity index (χ1) is 5.68. The molecule has 0 heterocycles. The summed E-state index contributed by atoms with van der Waals surface area (Å²) in [6, 6.07) is 0.262. The molecule has 4 atom stereocenters. The minimum absolute atomic E-state index is 0.0789. The highest BCUT2D eigenvalue weighted by Crippen LogP contribution is 2.46.